The van der Waals surface area contributed by atoms with Gasteiger partial charge in [-0.2, -0.15) is 0 Å². The van der Waals surface area contributed by atoms with Crippen LogP contribution in [0, 0.1) is 0 Å². The number of pyridine rings is 1. The first-order chi connectivity index (χ1) is 13.7. The molecular weight excluding hydrogens is 340 g/mol. The highest BCUT2D eigenvalue weighted by Crippen LogP contribution is 2.54. The number of hydrogen-bond donors (Lipinski definition) is 0. The minimum absolute atomic E-state index is 0.142. The molecule has 2 aromatic carbocycles. The first-order valence-corrected chi connectivity index (χ1v) is 10.4. The zero-order valence-corrected chi connectivity index (χ0v) is 16.5. The number of benzene rings is 2. The van der Waals surface area contributed by atoms with Gasteiger partial charge in [-0.1, -0.05) is 43.7 Å². The summed E-state index contributed by atoms with van der Waals surface area (Å²) in [5.74, 6) is 0. The highest BCUT2D eigenvalue weighted by molar-refractivity contribution is 6.15. The fourth-order valence-electron chi connectivity index (χ4n) is 5.68. The van der Waals surface area contributed by atoms with Gasteiger partial charge in [0.2, 0.25) is 0 Å². The topological polar surface area (TPSA) is 17.8 Å². The Morgan fingerprint density at radius 2 is 1.71 bits per heavy atom. The van der Waals surface area contributed by atoms with Crippen LogP contribution in [-0.2, 0) is 5.41 Å². The van der Waals surface area contributed by atoms with Crippen LogP contribution in [-0.4, -0.2) is 9.55 Å². The largest absolute Gasteiger partial charge is 0.309 e. The van der Waals surface area contributed by atoms with Gasteiger partial charge in [0.15, 0.2) is 0 Å². The molecular formula is C26H24N2. The molecule has 0 spiro atoms. The second kappa shape index (κ2) is 5.57. The first kappa shape index (κ1) is 16.1. The average Bonchev–Trinajstić information content (AvgIpc) is 3.19. The summed E-state index contributed by atoms with van der Waals surface area (Å²) in [7, 11) is 0. The number of nitrogens with zero attached hydrogens (tertiary/aromatic N) is 2. The maximum atomic E-state index is 4.51. The number of fused-ring (bicyclic) bond motifs is 6. The molecule has 28 heavy (non-hydrogen) atoms. The summed E-state index contributed by atoms with van der Waals surface area (Å²) in [4.78, 5) is 4.51. The molecule has 2 heterocycles. The molecule has 0 amide bonds. The third-order valence-corrected chi connectivity index (χ3v) is 6.94. The van der Waals surface area contributed by atoms with Gasteiger partial charge in [-0.25, -0.2) is 0 Å². The van der Waals surface area contributed by atoms with Crippen molar-refractivity contribution in [3.8, 4) is 5.69 Å². The zero-order valence-electron chi connectivity index (χ0n) is 16.5. The Kier molecular flexibility index (Phi) is 3.21. The van der Waals surface area contributed by atoms with Crippen LogP contribution in [0.1, 0.15) is 50.7 Å². The van der Waals surface area contributed by atoms with Crippen molar-refractivity contribution in [3.05, 3.63) is 77.6 Å². The molecule has 0 saturated heterocycles. The van der Waals surface area contributed by atoms with Crippen LogP contribution >= 0.6 is 0 Å². The van der Waals surface area contributed by atoms with Crippen LogP contribution in [0.25, 0.3) is 33.1 Å². The van der Waals surface area contributed by atoms with Crippen molar-refractivity contribution in [3.63, 3.8) is 0 Å². The molecule has 4 aromatic rings. The third kappa shape index (κ3) is 1.95. The van der Waals surface area contributed by atoms with Gasteiger partial charge in [0.1, 0.15) is 0 Å². The predicted molar refractivity (Wildman–Crippen MR) is 117 cm³/mol. The van der Waals surface area contributed by atoms with Gasteiger partial charge < -0.3 is 4.57 Å². The second-order valence-electron chi connectivity index (χ2n) is 8.74. The predicted octanol–water partition coefficient (Wildman–Crippen LogP) is 6.80. The molecule has 0 radical (unpaired) electrons. The summed E-state index contributed by atoms with van der Waals surface area (Å²) in [6.07, 6.45) is 9.06. The minimum Gasteiger partial charge on any atom is -0.309 e. The lowest BCUT2D eigenvalue weighted by Crippen LogP contribution is -2.18. The molecule has 0 saturated carbocycles. The van der Waals surface area contributed by atoms with Gasteiger partial charge in [0, 0.05) is 34.3 Å². The second-order valence-corrected chi connectivity index (χ2v) is 8.74. The van der Waals surface area contributed by atoms with E-state index in [1.54, 1.807) is 11.1 Å². The van der Waals surface area contributed by atoms with Gasteiger partial charge in [-0.3, -0.25) is 4.98 Å². The molecule has 0 unspecified atom stereocenters. The Morgan fingerprint density at radius 1 is 0.893 bits per heavy atom. The third-order valence-electron chi connectivity index (χ3n) is 6.94. The molecule has 2 heteroatoms. The zero-order chi connectivity index (χ0) is 18.9. The van der Waals surface area contributed by atoms with Crippen LogP contribution < -0.4 is 0 Å². The van der Waals surface area contributed by atoms with Crippen LogP contribution in [0.3, 0.4) is 0 Å². The Balaban J connectivity index is 1.81. The van der Waals surface area contributed by atoms with E-state index in [-0.39, 0.29) is 5.41 Å². The summed E-state index contributed by atoms with van der Waals surface area (Å²) >= 11 is 0. The highest BCUT2D eigenvalue weighted by Gasteiger charge is 2.39. The van der Waals surface area contributed by atoms with E-state index in [0.717, 1.165) is 0 Å². The number of rotatable bonds is 1. The molecule has 6 rings (SSSR count). The van der Waals surface area contributed by atoms with Crippen molar-refractivity contribution in [2.45, 2.75) is 44.9 Å². The fraction of sp³-hybridized carbons (Fsp3) is 0.269. The van der Waals surface area contributed by atoms with Gasteiger partial charge in [-0.15, -0.1) is 0 Å². The molecule has 0 fully saturated rings. The summed E-state index contributed by atoms with van der Waals surface area (Å²) in [5, 5.41) is 2.66. The van der Waals surface area contributed by atoms with Crippen LogP contribution in [0.4, 0.5) is 0 Å². The van der Waals surface area contributed by atoms with Gasteiger partial charge >= 0.3 is 0 Å². The minimum atomic E-state index is 0.142. The van der Waals surface area contributed by atoms with Crippen LogP contribution in [0.5, 0.6) is 0 Å². The van der Waals surface area contributed by atoms with Gasteiger partial charge in [-0.05, 0) is 66.6 Å². The van der Waals surface area contributed by atoms with Crippen LogP contribution in [0.2, 0.25) is 0 Å². The van der Waals surface area contributed by atoms with Crippen molar-refractivity contribution >= 4 is 27.4 Å². The lowest BCUT2D eigenvalue weighted by Gasteiger charge is -2.26. The van der Waals surface area contributed by atoms with E-state index in [2.05, 4.69) is 78.1 Å². The lowest BCUT2D eigenvalue weighted by atomic mass is 9.77. The van der Waals surface area contributed by atoms with E-state index >= 15 is 0 Å². The summed E-state index contributed by atoms with van der Waals surface area (Å²) in [6.45, 7) is 4.83. The molecule has 2 aromatic heterocycles. The number of hydrogen-bond acceptors (Lipinski definition) is 1. The van der Waals surface area contributed by atoms with Gasteiger partial charge in [0.25, 0.3) is 0 Å². The Morgan fingerprint density at radius 3 is 2.57 bits per heavy atom. The van der Waals surface area contributed by atoms with E-state index < -0.39 is 0 Å². The van der Waals surface area contributed by atoms with E-state index in [0.29, 0.717) is 0 Å². The van der Waals surface area contributed by atoms with Gasteiger partial charge in [0.05, 0.1) is 11.0 Å². The molecule has 0 aliphatic heterocycles. The molecule has 0 bridgehead atoms. The monoisotopic (exact) mass is 364 g/mol. The normalized spacial score (nSPS) is 17.9. The number of allylic oxidation sites excluding steroid dienone is 2. The molecule has 138 valence electrons. The SMILES string of the molecule is CC1(C)C2=C(CCCC2)c2c1ccc1c2c2cnccc2n1-c1ccccc1. The Labute approximate surface area is 165 Å². The van der Waals surface area contributed by atoms with Crippen molar-refractivity contribution < 1.29 is 0 Å². The van der Waals surface area contributed by atoms with E-state index in [9.17, 15) is 0 Å². The van der Waals surface area contributed by atoms with E-state index in [1.165, 1.54) is 64.3 Å². The highest BCUT2D eigenvalue weighted by atomic mass is 15.0. The van der Waals surface area contributed by atoms with Crippen molar-refractivity contribution in [2.24, 2.45) is 0 Å². The molecule has 2 nitrogen and oxygen atoms in total. The molecule has 0 atom stereocenters. The molecule has 2 aliphatic carbocycles. The maximum absolute atomic E-state index is 4.51. The quantitative estimate of drug-likeness (QED) is 0.363. The van der Waals surface area contributed by atoms with Crippen molar-refractivity contribution in [2.75, 3.05) is 0 Å². The number of aromatic nitrogens is 2. The molecule has 0 N–H and O–H groups in total. The smallest absolute Gasteiger partial charge is 0.0572 e. The lowest BCUT2D eigenvalue weighted by molar-refractivity contribution is 0.574. The van der Waals surface area contributed by atoms with Crippen molar-refractivity contribution in [1.29, 1.82) is 0 Å². The maximum Gasteiger partial charge on any atom is 0.0572 e. The Bertz CT molecular complexity index is 1270. The Hall–Kier alpha value is -2.87. The van der Waals surface area contributed by atoms with E-state index in [1.807, 2.05) is 6.20 Å². The number of para-hydroxylation sites is 1. The van der Waals surface area contributed by atoms with Crippen molar-refractivity contribution in [1.82, 2.24) is 9.55 Å². The van der Waals surface area contributed by atoms with E-state index in [4.69, 9.17) is 0 Å². The standard InChI is InChI=1S/C26H24N2/c1-26(2)20-11-7-6-10-18(20)24-21(26)12-13-23-25(24)19-16-27-15-14-22(19)28(23)17-8-4-3-5-9-17/h3-5,8-9,12-16H,6-7,10-11H2,1-2H3. The average molecular weight is 364 g/mol. The summed E-state index contributed by atoms with van der Waals surface area (Å²) in [5.41, 5.74) is 10.2. The summed E-state index contributed by atoms with van der Waals surface area (Å²) in [6, 6.07) is 17.6. The molecule has 2 aliphatic rings. The van der Waals surface area contributed by atoms with Crippen LogP contribution in [0.15, 0.2) is 66.5 Å². The fourth-order valence-corrected chi connectivity index (χ4v) is 5.68. The first-order valence-electron chi connectivity index (χ1n) is 10.4. The summed E-state index contributed by atoms with van der Waals surface area (Å²) < 4.78 is 2.40.